The fraction of sp³-hybridized carbons (Fsp3) is 0.182. The Labute approximate surface area is 281 Å². The van der Waals surface area contributed by atoms with Crippen molar-refractivity contribution in [1.82, 2.24) is 4.31 Å². The first kappa shape index (κ1) is 38.2. The van der Waals surface area contributed by atoms with Crippen molar-refractivity contribution in [3.05, 3.63) is 120 Å². The number of anilines is 1. The summed E-state index contributed by atoms with van der Waals surface area (Å²) in [4.78, 5) is 23.0. The van der Waals surface area contributed by atoms with E-state index < -0.39 is 44.0 Å². The van der Waals surface area contributed by atoms with Gasteiger partial charge < -0.3 is 16.3 Å². The van der Waals surface area contributed by atoms with E-state index >= 15 is 0 Å². The van der Waals surface area contributed by atoms with Crippen molar-refractivity contribution in [2.75, 3.05) is 17.8 Å². The van der Waals surface area contributed by atoms with Crippen molar-refractivity contribution in [1.29, 1.82) is 0 Å². The number of hydrogen-bond donors (Lipinski definition) is 3. The maximum absolute atomic E-state index is 13.9. The molecule has 1 atom stereocenters. The lowest BCUT2D eigenvalue weighted by molar-refractivity contribution is -0.192. The molecule has 4 N–H and O–H groups in total. The summed E-state index contributed by atoms with van der Waals surface area (Å²) in [5, 5.41) is 13.9. The molecule has 4 rings (SSSR count). The number of aliphatic carboxylic acids is 1. The second kappa shape index (κ2) is 16.3. The van der Waals surface area contributed by atoms with Crippen LogP contribution in [0, 0.1) is 0 Å². The van der Waals surface area contributed by atoms with Gasteiger partial charge in [0.15, 0.2) is 9.84 Å². The topological polar surface area (TPSA) is 176 Å². The highest BCUT2D eigenvalue weighted by Crippen LogP contribution is 2.29. The van der Waals surface area contributed by atoms with E-state index in [0.29, 0.717) is 22.4 Å². The molecule has 11 nitrogen and oxygen atoms in total. The van der Waals surface area contributed by atoms with Crippen LogP contribution in [0.5, 0.6) is 0 Å². The minimum atomic E-state index is -5.08. The number of halogens is 3. The van der Waals surface area contributed by atoms with Gasteiger partial charge in [0.1, 0.15) is 6.04 Å². The molecular formula is C33H33F3N4O7S2. The van der Waals surface area contributed by atoms with Crippen molar-refractivity contribution in [2.45, 2.75) is 30.1 Å². The van der Waals surface area contributed by atoms with Gasteiger partial charge in [-0.05, 0) is 40.5 Å². The number of nitrogens with zero attached hydrogens (tertiary/aromatic N) is 2. The Morgan fingerprint density at radius 2 is 1.45 bits per heavy atom. The zero-order chi connectivity index (χ0) is 36.4. The number of nitrogens with one attached hydrogen (secondary N) is 1. The Balaban J connectivity index is 0.000000838. The summed E-state index contributed by atoms with van der Waals surface area (Å²) < 4.78 is 82.9. The number of carbonyl (C=O) groups excluding carboxylic acids is 1. The van der Waals surface area contributed by atoms with E-state index in [2.05, 4.69) is 10.4 Å². The Hall–Kier alpha value is -5.22. The molecule has 4 aromatic carbocycles. The number of hydrazone groups is 1. The molecule has 49 heavy (non-hydrogen) atoms. The highest BCUT2D eigenvalue weighted by Gasteiger charge is 2.38. The van der Waals surface area contributed by atoms with E-state index in [0.717, 1.165) is 27.9 Å². The molecule has 0 bridgehead atoms. The van der Waals surface area contributed by atoms with Gasteiger partial charge in [-0.1, -0.05) is 84.9 Å². The summed E-state index contributed by atoms with van der Waals surface area (Å²) in [7, 11) is -7.37. The molecule has 0 saturated heterocycles. The molecule has 0 aromatic heterocycles. The number of sulfonamides is 1. The predicted molar refractivity (Wildman–Crippen MR) is 180 cm³/mol. The third kappa shape index (κ3) is 11.5. The fourth-order valence-corrected chi connectivity index (χ4v) is 6.33. The lowest BCUT2D eigenvalue weighted by Gasteiger charge is -2.27. The number of carboxylic acids is 1. The summed E-state index contributed by atoms with van der Waals surface area (Å²) in [6.45, 7) is -0.113. The van der Waals surface area contributed by atoms with Gasteiger partial charge in [-0.2, -0.15) is 18.3 Å². The van der Waals surface area contributed by atoms with Crippen molar-refractivity contribution >= 4 is 43.6 Å². The van der Waals surface area contributed by atoms with Crippen molar-refractivity contribution < 1.29 is 44.7 Å². The second-order valence-electron chi connectivity index (χ2n) is 10.7. The number of alkyl halides is 3. The van der Waals surface area contributed by atoms with Crippen molar-refractivity contribution in [3.8, 4) is 11.1 Å². The van der Waals surface area contributed by atoms with Crippen LogP contribution in [0.3, 0.4) is 0 Å². The number of amides is 1. The third-order valence-corrected chi connectivity index (χ3v) is 9.06. The number of nitrogens with two attached hydrogens (primary N) is 1. The van der Waals surface area contributed by atoms with Gasteiger partial charge in [0.2, 0.25) is 10.0 Å². The SMILES string of the molecule is CS(=O)(=O)c1ccccc1-c1ccc(N[C@@H](Cc2cccc(C=NN)c2)C(=O)N(Cc2ccccc2)S(C)(=O)=O)cc1.O=C(O)C(F)(F)F. The minimum Gasteiger partial charge on any atom is -0.475 e. The Morgan fingerprint density at radius 3 is 2.00 bits per heavy atom. The summed E-state index contributed by atoms with van der Waals surface area (Å²) >= 11 is 0. The van der Waals surface area contributed by atoms with Crippen LogP contribution in [-0.2, 0) is 42.4 Å². The first-order valence-electron chi connectivity index (χ1n) is 14.2. The molecule has 0 unspecified atom stereocenters. The molecule has 16 heteroatoms. The van der Waals surface area contributed by atoms with Gasteiger partial charge in [-0.25, -0.2) is 25.9 Å². The fourth-order valence-electron chi connectivity index (χ4n) is 4.58. The summed E-state index contributed by atoms with van der Waals surface area (Å²) in [6, 6.07) is 28.9. The van der Waals surface area contributed by atoms with Gasteiger partial charge in [-0.3, -0.25) is 4.79 Å². The van der Waals surface area contributed by atoms with Gasteiger partial charge in [0.25, 0.3) is 5.91 Å². The Morgan fingerprint density at radius 1 is 0.878 bits per heavy atom. The zero-order valence-corrected chi connectivity index (χ0v) is 27.8. The molecule has 260 valence electrons. The highest BCUT2D eigenvalue weighted by atomic mass is 32.2. The Kier molecular flexibility index (Phi) is 12.7. The molecule has 0 aliphatic carbocycles. The minimum absolute atomic E-state index is 0.113. The van der Waals surface area contributed by atoms with Gasteiger partial charge in [-0.15, -0.1) is 0 Å². The first-order valence-corrected chi connectivity index (χ1v) is 18.0. The molecule has 0 saturated carbocycles. The summed E-state index contributed by atoms with van der Waals surface area (Å²) in [5.74, 6) is 1.93. The second-order valence-corrected chi connectivity index (χ2v) is 14.6. The number of benzene rings is 4. The normalized spacial score (nSPS) is 12.4. The summed E-state index contributed by atoms with van der Waals surface area (Å²) in [6.07, 6.45) is -1.25. The Bertz CT molecular complexity index is 2010. The van der Waals surface area contributed by atoms with Crippen LogP contribution in [0.1, 0.15) is 16.7 Å². The standard InChI is InChI=1S/C31H32N4O5S2.C2HF3O2/c1-41(37,38)30-14-7-6-13-28(30)26-15-17-27(18-16-26)34-29(20-24-11-8-12-25(19-24)21-33-32)31(36)35(42(2,39)40)22-23-9-4-3-5-10-23;3-2(4,5)1(6)7/h3-19,21,29,34H,20,22,32H2,1-2H3;(H,6,7)/t29-;/m0./s1. The van der Waals surface area contributed by atoms with E-state index in [1.54, 1.807) is 78.9 Å². The van der Waals surface area contributed by atoms with Crippen LogP contribution in [0.2, 0.25) is 0 Å². The molecule has 0 fully saturated rings. The first-order chi connectivity index (χ1) is 22.9. The summed E-state index contributed by atoms with van der Waals surface area (Å²) in [5.41, 5.74) is 3.97. The van der Waals surface area contributed by atoms with Crippen LogP contribution < -0.4 is 11.2 Å². The molecule has 1 amide bonds. The maximum atomic E-state index is 13.9. The third-order valence-electron chi connectivity index (χ3n) is 6.79. The number of carboxylic acid groups (broad SMARTS) is 1. The predicted octanol–water partition coefficient (Wildman–Crippen LogP) is 4.69. The number of rotatable bonds is 11. The lowest BCUT2D eigenvalue weighted by atomic mass is 10.0. The molecule has 0 heterocycles. The molecule has 4 aromatic rings. The lowest BCUT2D eigenvalue weighted by Crippen LogP contribution is -2.46. The average Bonchev–Trinajstić information content (AvgIpc) is 3.03. The van der Waals surface area contributed by atoms with Crippen LogP contribution in [0.15, 0.2) is 113 Å². The number of carbonyl (C=O) groups is 2. The molecular weight excluding hydrogens is 686 g/mol. The molecule has 0 spiro atoms. The van der Waals surface area contributed by atoms with Gasteiger partial charge in [0.05, 0.1) is 23.9 Å². The molecule has 0 radical (unpaired) electrons. The van der Waals surface area contributed by atoms with E-state index in [-0.39, 0.29) is 17.9 Å². The molecule has 0 aliphatic heterocycles. The van der Waals surface area contributed by atoms with Crippen LogP contribution in [0.4, 0.5) is 18.9 Å². The highest BCUT2D eigenvalue weighted by molar-refractivity contribution is 7.90. The van der Waals surface area contributed by atoms with Crippen LogP contribution in [0.25, 0.3) is 11.1 Å². The quantitative estimate of drug-likeness (QED) is 0.113. The number of hydrogen-bond acceptors (Lipinski definition) is 9. The van der Waals surface area contributed by atoms with E-state index in [1.165, 1.54) is 6.21 Å². The smallest absolute Gasteiger partial charge is 0.475 e. The monoisotopic (exact) mass is 718 g/mol. The molecule has 0 aliphatic rings. The number of sulfone groups is 1. The average molecular weight is 719 g/mol. The van der Waals surface area contributed by atoms with Gasteiger partial charge >= 0.3 is 12.1 Å². The van der Waals surface area contributed by atoms with Crippen molar-refractivity contribution in [3.63, 3.8) is 0 Å². The zero-order valence-electron chi connectivity index (χ0n) is 26.2. The van der Waals surface area contributed by atoms with Crippen molar-refractivity contribution in [2.24, 2.45) is 10.9 Å². The van der Waals surface area contributed by atoms with E-state index in [1.807, 2.05) is 24.3 Å². The van der Waals surface area contributed by atoms with E-state index in [9.17, 15) is 34.8 Å². The van der Waals surface area contributed by atoms with Crippen LogP contribution >= 0.6 is 0 Å². The van der Waals surface area contributed by atoms with Crippen LogP contribution in [-0.4, -0.2) is 69.1 Å². The van der Waals surface area contributed by atoms with Gasteiger partial charge in [0, 0.05) is 23.9 Å². The largest absolute Gasteiger partial charge is 0.490 e. The van der Waals surface area contributed by atoms with E-state index in [4.69, 9.17) is 15.7 Å². The maximum Gasteiger partial charge on any atom is 0.490 e.